The molecule has 0 bridgehead atoms. The zero-order chi connectivity index (χ0) is 25.3. The van der Waals surface area contributed by atoms with Crippen molar-refractivity contribution in [2.75, 3.05) is 6.54 Å². The van der Waals surface area contributed by atoms with Crippen LogP contribution < -0.4 is 0 Å². The third-order valence-electron chi connectivity index (χ3n) is 6.36. The smallest absolute Gasteiger partial charge is 0.293 e. The molecular weight excluding hydrogens is 456 g/mol. The average Bonchev–Trinajstić information content (AvgIpc) is 3.40. The van der Waals surface area contributed by atoms with Crippen molar-refractivity contribution in [1.82, 2.24) is 19.7 Å². The van der Waals surface area contributed by atoms with Gasteiger partial charge < -0.3 is 4.90 Å². The number of hydrogen-bond acceptors (Lipinski definition) is 3. The number of aryl methyl sites for hydroxylation is 2. The van der Waals surface area contributed by atoms with Crippen LogP contribution in [-0.2, 0) is 25.8 Å². The van der Waals surface area contributed by atoms with Crippen molar-refractivity contribution in [3.8, 4) is 5.69 Å². The first-order valence-corrected chi connectivity index (χ1v) is 12.7. The van der Waals surface area contributed by atoms with E-state index in [0.29, 0.717) is 19.5 Å². The Morgan fingerprint density at radius 2 is 1.14 bits per heavy atom. The average molecular weight is 487 g/mol. The van der Waals surface area contributed by atoms with E-state index in [1.807, 2.05) is 107 Å². The number of benzene rings is 4. The number of carbonyl (C=O) groups is 1. The van der Waals surface area contributed by atoms with Crippen molar-refractivity contribution in [3.05, 3.63) is 150 Å². The van der Waals surface area contributed by atoms with E-state index in [2.05, 4.69) is 24.3 Å². The lowest BCUT2D eigenvalue weighted by molar-refractivity contribution is 0.0732. The van der Waals surface area contributed by atoms with Gasteiger partial charge in [0, 0.05) is 19.5 Å². The lowest BCUT2D eigenvalue weighted by Gasteiger charge is -2.21. The first kappa shape index (κ1) is 24.2. The second kappa shape index (κ2) is 12.0. The Morgan fingerprint density at radius 1 is 0.622 bits per heavy atom. The number of amides is 1. The van der Waals surface area contributed by atoms with Crippen molar-refractivity contribution in [2.45, 2.75) is 25.8 Å². The van der Waals surface area contributed by atoms with Crippen LogP contribution in [0, 0.1) is 0 Å². The zero-order valence-corrected chi connectivity index (χ0v) is 20.8. The van der Waals surface area contributed by atoms with Gasteiger partial charge in [-0.15, -0.1) is 5.10 Å². The third-order valence-corrected chi connectivity index (χ3v) is 6.36. The van der Waals surface area contributed by atoms with E-state index in [-0.39, 0.29) is 11.7 Å². The molecule has 0 saturated heterocycles. The van der Waals surface area contributed by atoms with E-state index >= 15 is 0 Å². The normalized spacial score (nSPS) is 10.8. The molecule has 0 radical (unpaired) electrons. The van der Waals surface area contributed by atoms with Crippen LogP contribution in [0.5, 0.6) is 0 Å². The van der Waals surface area contributed by atoms with Crippen LogP contribution in [0.15, 0.2) is 121 Å². The summed E-state index contributed by atoms with van der Waals surface area (Å²) in [5.74, 6) is 0.854. The summed E-state index contributed by atoms with van der Waals surface area (Å²) in [6.07, 6.45) is 2.27. The highest BCUT2D eigenvalue weighted by Crippen LogP contribution is 2.16. The number of rotatable bonds is 10. The molecule has 184 valence electrons. The molecule has 0 aliphatic rings. The van der Waals surface area contributed by atoms with Crippen LogP contribution in [0.3, 0.4) is 0 Å². The van der Waals surface area contributed by atoms with Gasteiger partial charge >= 0.3 is 0 Å². The number of hydrogen-bond donors (Lipinski definition) is 0. The highest BCUT2D eigenvalue weighted by molar-refractivity contribution is 5.90. The molecule has 0 N–H and O–H groups in total. The molecule has 5 rings (SSSR count). The highest BCUT2D eigenvalue weighted by atomic mass is 16.2. The molecule has 5 nitrogen and oxygen atoms in total. The van der Waals surface area contributed by atoms with Gasteiger partial charge in [-0.1, -0.05) is 109 Å². The number of aromatic nitrogens is 3. The molecule has 1 heterocycles. The van der Waals surface area contributed by atoms with E-state index in [4.69, 9.17) is 10.1 Å². The molecule has 0 unspecified atom stereocenters. The Balaban J connectivity index is 1.43. The quantitative estimate of drug-likeness (QED) is 0.246. The Morgan fingerprint density at radius 3 is 1.73 bits per heavy atom. The van der Waals surface area contributed by atoms with E-state index in [1.165, 1.54) is 11.1 Å². The summed E-state index contributed by atoms with van der Waals surface area (Å²) >= 11 is 0. The van der Waals surface area contributed by atoms with Gasteiger partial charge in [0.2, 0.25) is 5.82 Å². The summed E-state index contributed by atoms with van der Waals surface area (Å²) in [5, 5.41) is 4.72. The Kier molecular flexibility index (Phi) is 7.82. The van der Waals surface area contributed by atoms with Crippen molar-refractivity contribution >= 4 is 5.91 Å². The molecule has 0 spiro atoms. The van der Waals surface area contributed by atoms with Crippen LogP contribution in [0.25, 0.3) is 5.69 Å². The molecular formula is C32H30N4O. The standard InChI is InChI=1S/C32H30N4O/c37-32(35(25-28-17-9-3-10-18-28)24-23-27-15-7-2-8-16-27)31-33-30(22-21-26-13-5-1-6-14-26)36(34-31)29-19-11-4-12-20-29/h1-20H,21-25H2. The van der Waals surface area contributed by atoms with E-state index < -0.39 is 0 Å². The summed E-state index contributed by atoms with van der Waals surface area (Å²) in [7, 11) is 0. The fraction of sp³-hybridized carbons (Fsp3) is 0.156. The molecule has 37 heavy (non-hydrogen) atoms. The largest absolute Gasteiger partial charge is 0.331 e. The monoisotopic (exact) mass is 486 g/mol. The van der Waals surface area contributed by atoms with Crippen molar-refractivity contribution < 1.29 is 4.79 Å². The molecule has 0 aliphatic heterocycles. The Bertz CT molecular complexity index is 1400. The zero-order valence-electron chi connectivity index (χ0n) is 20.8. The molecule has 0 fully saturated rings. The molecule has 1 aromatic heterocycles. The van der Waals surface area contributed by atoms with Gasteiger partial charge in [-0.3, -0.25) is 4.79 Å². The number of para-hydroxylation sites is 1. The molecule has 5 heteroatoms. The van der Waals surface area contributed by atoms with E-state index in [1.54, 1.807) is 0 Å². The van der Waals surface area contributed by atoms with Gasteiger partial charge in [-0.05, 0) is 41.7 Å². The predicted molar refractivity (Wildman–Crippen MR) is 147 cm³/mol. The molecule has 1 amide bonds. The fourth-order valence-corrected chi connectivity index (χ4v) is 4.38. The second-order valence-corrected chi connectivity index (χ2v) is 9.03. The van der Waals surface area contributed by atoms with Crippen molar-refractivity contribution in [2.24, 2.45) is 0 Å². The summed E-state index contributed by atoms with van der Waals surface area (Å²) in [6.45, 7) is 1.09. The van der Waals surface area contributed by atoms with Gasteiger partial charge in [0.15, 0.2) is 0 Å². The van der Waals surface area contributed by atoms with Crippen LogP contribution >= 0.6 is 0 Å². The van der Waals surface area contributed by atoms with Gasteiger partial charge in [0.25, 0.3) is 5.91 Å². The number of nitrogens with zero attached hydrogens (tertiary/aromatic N) is 4. The van der Waals surface area contributed by atoms with Crippen molar-refractivity contribution in [1.29, 1.82) is 0 Å². The van der Waals surface area contributed by atoms with Gasteiger partial charge in [0.1, 0.15) is 5.82 Å². The molecule has 5 aromatic rings. The second-order valence-electron chi connectivity index (χ2n) is 9.03. The van der Waals surface area contributed by atoms with Gasteiger partial charge in [0.05, 0.1) is 5.69 Å². The van der Waals surface area contributed by atoms with Crippen molar-refractivity contribution in [3.63, 3.8) is 0 Å². The molecule has 0 aliphatic carbocycles. The minimum atomic E-state index is -0.157. The minimum Gasteiger partial charge on any atom is -0.331 e. The van der Waals surface area contributed by atoms with E-state index in [9.17, 15) is 4.79 Å². The van der Waals surface area contributed by atoms with Crippen LogP contribution in [0.4, 0.5) is 0 Å². The van der Waals surface area contributed by atoms with Crippen LogP contribution in [0.1, 0.15) is 33.1 Å². The molecule has 4 aromatic carbocycles. The first-order chi connectivity index (χ1) is 18.3. The summed E-state index contributed by atoms with van der Waals surface area (Å²) in [4.78, 5) is 20.5. The topological polar surface area (TPSA) is 51.0 Å². The maximum atomic E-state index is 13.8. The summed E-state index contributed by atoms with van der Waals surface area (Å²) < 4.78 is 1.81. The lowest BCUT2D eigenvalue weighted by Crippen LogP contribution is -2.33. The lowest BCUT2D eigenvalue weighted by atomic mass is 10.1. The summed E-state index contributed by atoms with van der Waals surface area (Å²) in [5.41, 5.74) is 4.40. The highest BCUT2D eigenvalue weighted by Gasteiger charge is 2.23. The van der Waals surface area contributed by atoms with E-state index in [0.717, 1.165) is 29.9 Å². The minimum absolute atomic E-state index is 0.157. The maximum Gasteiger partial charge on any atom is 0.293 e. The first-order valence-electron chi connectivity index (χ1n) is 12.7. The molecule has 0 atom stereocenters. The molecule has 0 saturated carbocycles. The van der Waals surface area contributed by atoms with Gasteiger partial charge in [-0.2, -0.15) is 0 Å². The fourth-order valence-electron chi connectivity index (χ4n) is 4.38. The SMILES string of the molecule is O=C(c1nc(CCc2ccccc2)n(-c2ccccc2)n1)N(CCc1ccccc1)Cc1ccccc1. The maximum absolute atomic E-state index is 13.8. The van der Waals surface area contributed by atoms with Crippen LogP contribution in [-0.4, -0.2) is 32.1 Å². The Hall–Kier alpha value is -4.51. The Labute approximate surface area is 218 Å². The van der Waals surface area contributed by atoms with Crippen LogP contribution in [0.2, 0.25) is 0 Å². The van der Waals surface area contributed by atoms with Gasteiger partial charge in [-0.25, -0.2) is 9.67 Å². The third kappa shape index (κ3) is 6.39. The summed E-state index contributed by atoms with van der Waals surface area (Å²) in [6, 6.07) is 40.6. The predicted octanol–water partition coefficient (Wildman–Crippen LogP) is 5.94. The number of carbonyl (C=O) groups excluding carboxylic acids is 1.